The van der Waals surface area contributed by atoms with Gasteiger partial charge in [0.05, 0.1) is 11.0 Å². The van der Waals surface area contributed by atoms with Gasteiger partial charge in [-0.3, -0.25) is 4.98 Å². The molecule has 0 aromatic carbocycles. The van der Waals surface area contributed by atoms with Gasteiger partial charge in [0.25, 0.3) is 0 Å². The van der Waals surface area contributed by atoms with Crippen molar-refractivity contribution in [2.24, 2.45) is 0 Å². The van der Waals surface area contributed by atoms with Gasteiger partial charge in [-0.25, -0.2) is 0 Å². The van der Waals surface area contributed by atoms with Crippen molar-refractivity contribution in [3.05, 3.63) is 24.5 Å². The van der Waals surface area contributed by atoms with Crippen molar-refractivity contribution in [3.63, 3.8) is 0 Å². The van der Waals surface area contributed by atoms with Crippen molar-refractivity contribution in [2.75, 3.05) is 0 Å². The Bertz CT molecular complexity index is 440. The quantitative estimate of drug-likeness (QED) is 0.594. The van der Waals surface area contributed by atoms with Crippen LogP contribution in [0.3, 0.4) is 0 Å². The molecule has 2 aromatic heterocycles. The molecular formula is C7H5BF3KN2. The molecule has 0 unspecified atom stereocenters. The van der Waals surface area contributed by atoms with Crippen LogP contribution >= 0.6 is 0 Å². The predicted molar refractivity (Wildman–Crippen MR) is 44.8 cm³/mol. The summed E-state index contributed by atoms with van der Waals surface area (Å²) in [6.45, 7) is -4.97. The molecule has 0 aliphatic heterocycles. The van der Waals surface area contributed by atoms with Gasteiger partial charge >= 0.3 is 58.4 Å². The molecule has 68 valence electrons. The molecule has 0 amide bonds. The molecule has 0 aliphatic carbocycles. The summed E-state index contributed by atoms with van der Waals surface area (Å²) in [5.41, 5.74) is -0.248. The molecule has 0 atom stereocenters. The molecule has 0 aliphatic rings. The van der Waals surface area contributed by atoms with E-state index >= 15 is 0 Å². The Balaban J connectivity index is 0.000000980. The number of halogens is 3. The van der Waals surface area contributed by atoms with E-state index in [9.17, 15) is 12.9 Å². The van der Waals surface area contributed by atoms with Crippen LogP contribution in [0.4, 0.5) is 12.9 Å². The van der Waals surface area contributed by atoms with E-state index in [0.29, 0.717) is 5.52 Å². The molecule has 7 heteroatoms. The summed E-state index contributed by atoms with van der Waals surface area (Å²) in [6.07, 6.45) is 2.30. The van der Waals surface area contributed by atoms with Gasteiger partial charge in [0.2, 0.25) is 0 Å². The number of hydrogen-bond acceptors (Lipinski definition) is 1. The summed E-state index contributed by atoms with van der Waals surface area (Å²) >= 11 is 0. The van der Waals surface area contributed by atoms with Gasteiger partial charge in [0, 0.05) is 6.20 Å². The van der Waals surface area contributed by atoms with E-state index in [2.05, 4.69) is 9.97 Å². The molecule has 2 rings (SSSR count). The largest absolute Gasteiger partial charge is 1.00 e. The van der Waals surface area contributed by atoms with Crippen molar-refractivity contribution in [1.29, 1.82) is 0 Å². The number of aromatic amines is 1. The van der Waals surface area contributed by atoms with Crippen LogP contribution in [0.15, 0.2) is 24.5 Å². The fourth-order valence-electron chi connectivity index (χ4n) is 1.23. The summed E-state index contributed by atoms with van der Waals surface area (Å²) in [5, 5.41) is 0. The van der Waals surface area contributed by atoms with Crippen molar-refractivity contribution in [1.82, 2.24) is 9.97 Å². The second-order valence-electron chi connectivity index (χ2n) is 2.72. The molecule has 14 heavy (non-hydrogen) atoms. The average molecular weight is 224 g/mol. The van der Waals surface area contributed by atoms with Crippen molar-refractivity contribution >= 4 is 23.5 Å². The van der Waals surface area contributed by atoms with E-state index in [1.807, 2.05) is 0 Å². The molecule has 0 radical (unpaired) electrons. The van der Waals surface area contributed by atoms with E-state index < -0.39 is 12.4 Å². The topological polar surface area (TPSA) is 28.7 Å². The minimum atomic E-state index is -4.97. The number of rotatable bonds is 1. The standard InChI is InChI=1S/C7H5BF3N2.K/c9-8(10,11)5-4-13-6-2-1-3-12-7(5)6;/h1-4,13H;/q-1;+1. The van der Waals surface area contributed by atoms with Crippen LogP contribution in [-0.4, -0.2) is 16.9 Å². The van der Waals surface area contributed by atoms with Crippen LogP contribution < -0.4 is 56.8 Å². The first-order valence-electron chi connectivity index (χ1n) is 3.71. The Hall–Kier alpha value is 0.181. The van der Waals surface area contributed by atoms with Gasteiger partial charge in [-0.05, 0) is 18.3 Å². The average Bonchev–Trinajstić information content (AvgIpc) is 2.45. The Morgan fingerprint density at radius 2 is 2.00 bits per heavy atom. The fraction of sp³-hybridized carbons (Fsp3) is 0. The van der Waals surface area contributed by atoms with Gasteiger partial charge < -0.3 is 17.9 Å². The number of pyridine rings is 1. The van der Waals surface area contributed by atoms with Crippen LogP contribution in [0, 0.1) is 0 Å². The molecule has 2 heterocycles. The molecule has 1 N–H and O–H groups in total. The zero-order valence-corrected chi connectivity index (χ0v) is 10.6. The minimum absolute atomic E-state index is 0. The third kappa shape index (κ3) is 2.22. The molecule has 0 bridgehead atoms. The van der Waals surface area contributed by atoms with Crippen molar-refractivity contribution in [3.8, 4) is 0 Å². The molecule has 2 nitrogen and oxygen atoms in total. The molecule has 0 saturated carbocycles. The monoisotopic (exact) mass is 224 g/mol. The Kier molecular flexibility index (Phi) is 3.82. The van der Waals surface area contributed by atoms with Crippen LogP contribution in [0.5, 0.6) is 0 Å². The van der Waals surface area contributed by atoms with Gasteiger partial charge in [-0.2, -0.15) is 0 Å². The van der Waals surface area contributed by atoms with E-state index in [-0.39, 0.29) is 56.9 Å². The van der Waals surface area contributed by atoms with Crippen LogP contribution in [0.1, 0.15) is 0 Å². The maximum atomic E-state index is 12.4. The predicted octanol–water partition coefficient (Wildman–Crippen LogP) is -1.38. The maximum Gasteiger partial charge on any atom is 1.00 e. The molecule has 0 spiro atoms. The molecular weight excluding hydrogens is 219 g/mol. The fourth-order valence-corrected chi connectivity index (χ4v) is 1.23. The van der Waals surface area contributed by atoms with E-state index in [0.717, 1.165) is 6.20 Å². The number of H-pyrrole nitrogens is 1. The third-order valence-electron chi connectivity index (χ3n) is 1.82. The summed E-state index contributed by atoms with van der Waals surface area (Å²) in [4.78, 5) is 6.20. The Morgan fingerprint density at radius 1 is 1.29 bits per heavy atom. The van der Waals surface area contributed by atoms with E-state index in [1.54, 1.807) is 12.1 Å². The van der Waals surface area contributed by atoms with Crippen LogP contribution in [0.25, 0.3) is 11.0 Å². The second kappa shape index (κ2) is 4.36. The first-order valence-corrected chi connectivity index (χ1v) is 3.71. The summed E-state index contributed by atoms with van der Waals surface area (Å²) in [7, 11) is 0. The normalized spacial score (nSPS) is 11.4. The molecule has 0 fully saturated rings. The zero-order chi connectivity index (χ0) is 9.47. The summed E-state index contributed by atoms with van der Waals surface area (Å²) in [6, 6.07) is 3.15. The molecule has 0 saturated heterocycles. The number of nitrogens with one attached hydrogen (secondary N) is 1. The van der Waals surface area contributed by atoms with Gasteiger partial charge in [0.1, 0.15) is 0 Å². The minimum Gasteiger partial charge on any atom is -0.445 e. The van der Waals surface area contributed by atoms with Crippen molar-refractivity contribution in [2.45, 2.75) is 0 Å². The van der Waals surface area contributed by atoms with E-state index in [1.165, 1.54) is 6.20 Å². The first-order chi connectivity index (χ1) is 6.09. The van der Waals surface area contributed by atoms with Gasteiger partial charge in [-0.15, -0.1) is 0 Å². The second-order valence-corrected chi connectivity index (χ2v) is 2.72. The smallest absolute Gasteiger partial charge is 0.445 e. The Labute approximate surface area is 121 Å². The third-order valence-corrected chi connectivity index (χ3v) is 1.82. The van der Waals surface area contributed by atoms with Crippen LogP contribution in [-0.2, 0) is 0 Å². The number of aromatic nitrogens is 2. The number of hydrogen-bond donors (Lipinski definition) is 1. The number of nitrogens with zero attached hydrogens (tertiary/aromatic N) is 1. The first kappa shape index (κ1) is 12.3. The van der Waals surface area contributed by atoms with Crippen molar-refractivity contribution < 1.29 is 64.3 Å². The van der Waals surface area contributed by atoms with Gasteiger partial charge in [0.15, 0.2) is 0 Å². The number of fused-ring (bicyclic) bond motifs is 1. The Morgan fingerprint density at radius 3 is 2.64 bits per heavy atom. The molecule has 2 aromatic rings. The van der Waals surface area contributed by atoms with Gasteiger partial charge in [-0.1, -0.05) is 5.46 Å². The van der Waals surface area contributed by atoms with E-state index in [4.69, 9.17) is 0 Å². The SMILES string of the molecule is F[B-](F)(F)c1c[nH]c2cccnc12.[K+]. The summed E-state index contributed by atoms with van der Waals surface area (Å²) < 4.78 is 37.1. The zero-order valence-electron chi connectivity index (χ0n) is 7.47. The van der Waals surface area contributed by atoms with Crippen LogP contribution in [0.2, 0.25) is 0 Å². The summed E-state index contributed by atoms with van der Waals surface area (Å²) in [5.74, 6) is 0. The maximum absolute atomic E-state index is 12.4.